The minimum Gasteiger partial charge on any atom is -0.376 e. The highest BCUT2D eigenvalue weighted by Crippen LogP contribution is 2.21. The molecule has 1 aromatic rings. The molecule has 0 aliphatic carbocycles. The number of halogens is 1. The Bertz CT molecular complexity index is 486. The van der Waals surface area contributed by atoms with E-state index in [9.17, 15) is 9.59 Å². The van der Waals surface area contributed by atoms with Gasteiger partial charge in [0.25, 0.3) is 5.91 Å². The topological polar surface area (TPSA) is 67.4 Å². The molecular formula is C13H17BrN2O3S. The van der Waals surface area contributed by atoms with E-state index in [1.165, 1.54) is 11.3 Å². The molecule has 1 fully saturated rings. The number of rotatable bonds is 5. The molecule has 1 aliphatic heterocycles. The van der Waals surface area contributed by atoms with Crippen LogP contribution in [0.1, 0.15) is 29.4 Å². The Hall–Kier alpha value is -0.920. The minimum atomic E-state index is -0.565. The second kappa shape index (κ2) is 7.19. The molecule has 1 aromatic heterocycles. The Balaban J connectivity index is 1.76. The highest BCUT2D eigenvalue weighted by molar-refractivity contribution is 9.11. The van der Waals surface area contributed by atoms with E-state index in [1.54, 1.807) is 13.0 Å². The van der Waals surface area contributed by atoms with Gasteiger partial charge in [0.05, 0.1) is 14.8 Å². The average molecular weight is 361 g/mol. The first-order valence-electron chi connectivity index (χ1n) is 6.52. The van der Waals surface area contributed by atoms with Gasteiger partial charge in [-0.2, -0.15) is 0 Å². The molecule has 7 heteroatoms. The Morgan fingerprint density at radius 1 is 1.55 bits per heavy atom. The number of carbonyl (C=O) groups is 2. The number of thiophene rings is 1. The van der Waals surface area contributed by atoms with Gasteiger partial charge in [-0.1, -0.05) is 0 Å². The lowest BCUT2D eigenvalue weighted by atomic mass is 10.2. The molecule has 2 rings (SSSR count). The van der Waals surface area contributed by atoms with Gasteiger partial charge in [0.1, 0.15) is 6.04 Å². The van der Waals surface area contributed by atoms with E-state index in [1.807, 2.05) is 6.07 Å². The minimum absolute atomic E-state index is 0.107. The van der Waals surface area contributed by atoms with Gasteiger partial charge in [0.2, 0.25) is 5.91 Å². The molecular weight excluding hydrogens is 344 g/mol. The van der Waals surface area contributed by atoms with Crippen LogP contribution < -0.4 is 10.6 Å². The SMILES string of the molecule is C[C@H](NC(=O)c1ccc(Br)s1)C(=O)NC[C@H]1CCCO1. The fraction of sp³-hybridized carbons (Fsp3) is 0.538. The van der Waals surface area contributed by atoms with E-state index in [0.29, 0.717) is 11.4 Å². The second-order valence-electron chi connectivity index (χ2n) is 4.68. The van der Waals surface area contributed by atoms with Crippen molar-refractivity contribution in [1.82, 2.24) is 10.6 Å². The number of hydrogen-bond donors (Lipinski definition) is 2. The third-order valence-corrected chi connectivity index (χ3v) is 4.69. The summed E-state index contributed by atoms with van der Waals surface area (Å²) in [5, 5.41) is 5.48. The number of nitrogens with one attached hydrogen (secondary N) is 2. The number of hydrogen-bond acceptors (Lipinski definition) is 4. The van der Waals surface area contributed by atoms with Crippen molar-refractivity contribution < 1.29 is 14.3 Å². The van der Waals surface area contributed by atoms with Crippen molar-refractivity contribution in [2.24, 2.45) is 0 Å². The van der Waals surface area contributed by atoms with Crippen LogP contribution in [0.25, 0.3) is 0 Å². The van der Waals surface area contributed by atoms with Crippen molar-refractivity contribution in [3.63, 3.8) is 0 Å². The van der Waals surface area contributed by atoms with Gasteiger partial charge in [-0.05, 0) is 47.8 Å². The lowest BCUT2D eigenvalue weighted by Gasteiger charge is -2.15. The molecule has 2 amide bonds. The molecule has 2 heterocycles. The largest absolute Gasteiger partial charge is 0.376 e. The average Bonchev–Trinajstić information content (AvgIpc) is 3.06. The predicted octanol–water partition coefficient (Wildman–Crippen LogP) is 1.92. The van der Waals surface area contributed by atoms with Gasteiger partial charge in [-0.15, -0.1) is 11.3 Å². The van der Waals surface area contributed by atoms with Gasteiger partial charge in [0.15, 0.2) is 0 Å². The van der Waals surface area contributed by atoms with E-state index < -0.39 is 6.04 Å². The Morgan fingerprint density at radius 2 is 2.35 bits per heavy atom. The van der Waals surface area contributed by atoms with Crippen molar-refractivity contribution in [2.75, 3.05) is 13.2 Å². The molecule has 0 unspecified atom stereocenters. The zero-order valence-electron chi connectivity index (χ0n) is 11.1. The van der Waals surface area contributed by atoms with Crippen LogP contribution in [-0.4, -0.2) is 37.1 Å². The van der Waals surface area contributed by atoms with Crippen LogP contribution in [0, 0.1) is 0 Å². The smallest absolute Gasteiger partial charge is 0.262 e. The van der Waals surface area contributed by atoms with Crippen LogP contribution in [0.5, 0.6) is 0 Å². The van der Waals surface area contributed by atoms with Crippen molar-refractivity contribution in [2.45, 2.75) is 31.9 Å². The highest BCUT2D eigenvalue weighted by Gasteiger charge is 2.20. The first-order valence-corrected chi connectivity index (χ1v) is 8.12. The van der Waals surface area contributed by atoms with Gasteiger partial charge < -0.3 is 15.4 Å². The van der Waals surface area contributed by atoms with Crippen LogP contribution in [0.4, 0.5) is 0 Å². The Labute approximate surface area is 130 Å². The monoisotopic (exact) mass is 360 g/mol. The maximum atomic E-state index is 11.9. The Morgan fingerprint density at radius 3 is 2.95 bits per heavy atom. The standard InChI is InChI=1S/C13H17BrN2O3S/c1-8(12(17)15-7-9-3-2-6-19-9)16-13(18)10-4-5-11(14)20-10/h4-5,8-9H,2-3,6-7H2,1H3,(H,15,17)(H,16,18)/t8-,9+/m0/s1. The van der Waals surface area contributed by atoms with Gasteiger partial charge in [-0.25, -0.2) is 0 Å². The number of carbonyl (C=O) groups excluding carboxylic acids is 2. The zero-order valence-corrected chi connectivity index (χ0v) is 13.6. The second-order valence-corrected chi connectivity index (χ2v) is 7.14. The van der Waals surface area contributed by atoms with Crippen molar-refractivity contribution >= 4 is 39.1 Å². The van der Waals surface area contributed by atoms with Gasteiger partial charge in [0, 0.05) is 13.2 Å². The molecule has 0 radical (unpaired) electrons. The summed E-state index contributed by atoms with van der Waals surface area (Å²) < 4.78 is 6.32. The van der Waals surface area contributed by atoms with E-state index in [4.69, 9.17) is 4.74 Å². The quantitative estimate of drug-likeness (QED) is 0.842. The van der Waals surface area contributed by atoms with Crippen LogP contribution in [0.3, 0.4) is 0 Å². The number of amides is 2. The Kier molecular flexibility index (Phi) is 5.56. The fourth-order valence-electron chi connectivity index (χ4n) is 1.94. The summed E-state index contributed by atoms with van der Waals surface area (Å²) in [5.41, 5.74) is 0. The first-order chi connectivity index (χ1) is 9.56. The normalized spacial score (nSPS) is 19.6. The van der Waals surface area contributed by atoms with Crippen LogP contribution in [-0.2, 0) is 9.53 Å². The molecule has 0 spiro atoms. The molecule has 0 aromatic carbocycles. The molecule has 2 N–H and O–H groups in total. The molecule has 2 atom stereocenters. The summed E-state index contributed by atoms with van der Waals surface area (Å²) in [6.45, 7) is 2.94. The summed E-state index contributed by atoms with van der Waals surface area (Å²) in [5.74, 6) is -0.426. The molecule has 0 bridgehead atoms. The van der Waals surface area contributed by atoms with E-state index in [2.05, 4.69) is 26.6 Å². The van der Waals surface area contributed by atoms with Gasteiger partial charge in [-0.3, -0.25) is 9.59 Å². The lowest BCUT2D eigenvalue weighted by Crippen LogP contribution is -2.46. The van der Waals surface area contributed by atoms with E-state index in [0.717, 1.165) is 23.2 Å². The van der Waals surface area contributed by atoms with E-state index >= 15 is 0 Å². The highest BCUT2D eigenvalue weighted by atomic mass is 79.9. The van der Waals surface area contributed by atoms with E-state index in [-0.39, 0.29) is 17.9 Å². The predicted molar refractivity (Wildman–Crippen MR) is 80.9 cm³/mol. The summed E-state index contributed by atoms with van der Waals surface area (Å²) in [6, 6.07) is 2.97. The summed E-state index contributed by atoms with van der Waals surface area (Å²) in [4.78, 5) is 24.4. The van der Waals surface area contributed by atoms with Crippen LogP contribution in [0.15, 0.2) is 15.9 Å². The summed E-state index contributed by atoms with van der Waals surface area (Å²) in [7, 11) is 0. The fourth-order valence-corrected chi connectivity index (χ4v) is 3.23. The van der Waals surface area contributed by atoms with Crippen LogP contribution in [0.2, 0.25) is 0 Å². The van der Waals surface area contributed by atoms with Crippen LogP contribution >= 0.6 is 27.3 Å². The number of ether oxygens (including phenoxy) is 1. The van der Waals surface area contributed by atoms with Gasteiger partial charge >= 0.3 is 0 Å². The zero-order chi connectivity index (χ0) is 14.5. The van der Waals surface area contributed by atoms with Crippen molar-refractivity contribution in [3.8, 4) is 0 Å². The third kappa shape index (κ3) is 4.29. The first kappa shape index (κ1) is 15.5. The summed E-state index contributed by atoms with van der Waals surface area (Å²) in [6.07, 6.45) is 2.12. The molecule has 110 valence electrons. The maximum absolute atomic E-state index is 11.9. The third-order valence-electron chi connectivity index (χ3n) is 3.07. The summed E-state index contributed by atoms with van der Waals surface area (Å²) >= 11 is 4.64. The molecule has 1 aliphatic rings. The van der Waals surface area contributed by atoms with Crippen molar-refractivity contribution in [1.29, 1.82) is 0 Å². The molecule has 5 nitrogen and oxygen atoms in total. The molecule has 1 saturated heterocycles. The molecule has 0 saturated carbocycles. The lowest BCUT2D eigenvalue weighted by molar-refractivity contribution is -0.123. The maximum Gasteiger partial charge on any atom is 0.262 e. The van der Waals surface area contributed by atoms with Crippen molar-refractivity contribution in [3.05, 3.63) is 20.8 Å². The molecule has 20 heavy (non-hydrogen) atoms.